The zero-order chi connectivity index (χ0) is 20.7. The molecule has 1 N–H and O–H groups in total. The molecule has 2 nitrogen and oxygen atoms in total. The first-order valence-electron chi connectivity index (χ1n) is 11.1. The van der Waals surface area contributed by atoms with Gasteiger partial charge < -0.3 is 0 Å². The summed E-state index contributed by atoms with van der Waals surface area (Å²) in [6.07, 6.45) is 9.88. The molecule has 1 rings (SSSR count). The van der Waals surface area contributed by atoms with Crippen molar-refractivity contribution in [3.05, 3.63) is 45.6 Å². The Morgan fingerprint density at radius 2 is 1.50 bits per heavy atom. The Hall–Kier alpha value is -1.21. The van der Waals surface area contributed by atoms with Crippen LogP contribution in [0.4, 0.5) is 0 Å². The number of amides is 1. The molecule has 0 bridgehead atoms. The number of carbonyl (C=O) groups excluding carboxylic acids is 1. The molecular formula is C25H39NOSn. The summed E-state index contributed by atoms with van der Waals surface area (Å²) in [5, 5.41) is 3.11. The van der Waals surface area contributed by atoms with E-state index in [-0.39, 0.29) is 5.91 Å². The van der Waals surface area contributed by atoms with Gasteiger partial charge in [0.2, 0.25) is 0 Å². The van der Waals surface area contributed by atoms with Crippen molar-refractivity contribution in [1.82, 2.24) is 5.32 Å². The first-order valence-corrected chi connectivity index (χ1v) is 18.6. The van der Waals surface area contributed by atoms with Crippen LogP contribution in [0.25, 0.3) is 0 Å². The summed E-state index contributed by atoms with van der Waals surface area (Å²) in [6.45, 7) is 9.20. The van der Waals surface area contributed by atoms with Crippen molar-refractivity contribution in [2.45, 2.75) is 79.5 Å². The summed E-state index contributed by atoms with van der Waals surface area (Å²) >= 11 is -2.57. The standard InChI is InChI=1S/C13H12NO.3C4H9.Sn/c1-12(15)14-11-7-3-6-10-13-8-4-2-5-9-13;3*1-3-4-2;/h2-5,8-9H,11H2,1H3,(H,14,15);3*1,3-4H2,2H3;. The number of benzene rings is 1. The molecule has 0 saturated heterocycles. The van der Waals surface area contributed by atoms with Gasteiger partial charge in [0.05, 0.1) is 0 Å². The van der Waals surface area contributed by atoms with Crippen molar-refractivity contribution in [1.29, 1.82) is 0 Å². The van der Waals surface area contributed by atoms with Crippen LogP contribution in [0.15, 0.2) is 40.0 Å². The first-order chi connectivity index (χ1) is 13.6. The van der Waals surface area contributed by atoms with Crippen molar-refractivity contribution < 1.29 is 4.79 Å². The van der Waals surface area contributed by atoms with Crippen LogP contribution >= 0.6 is 0 Å². The summed E-state index contributed by atoms with van der Waals surface area (Å²) in [7, 11) is 0. The molecule has 0 aliphatic rings. The Morgan fingerprint density at radius 3 is 1.96 bits per heavy atom. The molecule has 28 heavy (non-hydrogen) atoms. The molecule has 0 aliphatic heterocycles. The Kier molecular flexibility index (Phi) is 13.1. The predicted octanol–water partition coefficient (Wildman–Crippen LogP) is 6.49. The van der Waals surface area contributed by atoms with Crippen molar-refractivity contribution >= 4 is 24.3 Å². The van der Waals surface area contributed by atoms with E-state index < -0.39 is 18.4 Å². The molecule has 0 heterocycles. The van der Waals surface area contributed by atoms with Crippen molar-refractivity contribution in [2.75, 3.05) is 6.54 Å². The van der Waals surface area contributed by atoms with Gasteiger partial charge in [0.15, 0.2) is 0 Å². The van der Waals surface area contributed by atoms with Gasteiger partial charge in [0, 0.05) is 0 Å². The van der Waals surface area contributed by atoms with E-state index in [2.05, 4.69) is 56.1 Å². The van der Waals surface area contributed by atoms with E-state index in [4.69, 9.17) is 0 Å². The number of unbranched alkanes of at least 4 members (excludes halogenated alkanes) is 3. The normalized spacial score (nSPS) is 11.6. The SMILES string of the molecule is CCC[CH2][Sn]([CH2]CCC)([CH2]CCC)/[C](=C\C#Cc1ccccc1)CNC(C)=O. The second-order valence-electron chi connectivity index (χ2n) is 7.81. The van der Waals surface area contributed by atoms with Gasteiger partial charge in [-0.3, -0.25) is 0 Å². The van der Waals surface area contributed by atoms with Crippen LogP contribution in [0.1, 0.15) is 71.8 Å². The Bertz CT molecular complexity index is 632. The number of hydrogen-bond donors (Lipinski definition) is 1. The van der Waals surface area contributed by atoms with Crippen LogP contribution in [0, 0.1) is 11.8 Å². The van der Waals surface area contributed by atoms with Crippen molar-refractivity contribution in [2.24, 2.45) is 0 Å². The average Bonchev–Trinajstić information content (AvgIpc) is 2.71. The first kappa shape index (κ1) is 24.8. The minimum absolute atomic E-state index is 0.0589. The predicted molar refractivity (Wildman–Crippen MR) is 125 cm³/mol. The van der Waals surface area contributed by atoms with Crippen LogP contribution in [-0.4, -0.2) is 30.8 Å². The molecule has 0 spiro atoms. The summed E-state index contributed by atoms with van der Waals surface area (Å²) in [4.78, 5) is 11.7. The summed E-state index contributed by atoms with van der Waals surface area (Å²) in [6, 6.07) is 10.2. The second-order valence-corrected chi connectivity index (χ2v) is 21.2. The fourth-order valence-corrected chi connectivity index (χ4v) is 19.9. The van der Waals surface area contributed by atoms with E-state index in [1.54, 1.807) is 6.92 Å². The van der Waals surface area contributed by atoms with E-state index in [0.717, 1.165) is 5.56 Å². The molecule has 0 unspecified atom stereocenters. The van der Waals surface area contributed by atoms with Gasteiger partial charge in [-0.25, -0.2) is 0 Å². The number of nitrogens with one attached hydrogen (secondary N) is 1. The molecule has 0 fully saturated rings. The molecule has 154 valence electrons. The third kappa shape index (κ3) is 9.32. The number of rotatable bonds is 12. The summed E-state index contributed by atoms with van der Waals surface area (Å²) in [5.74, 6) is 6.71. The minimum atomic E-state index is -2.57. The monoisotopic (exact) mass is 489 g/mol. The molecular weight excluding hydrogens is 449 g/mol. The maximum absolute atomic E-state index is 11.7. The number of hydrogen-bond acceptors (Lipinski definition) is 1. The summed E-state index contributed by atoms with van der Waals surface area (Å²) < 4.78 is 5.69. The maximum atomic E-state index is 11.7. The molecule has 0 saturated carbocycles. The van der Waals surface area contributed by atoms with Crippen LogP contribution in [0.5, 0.6) is 0 Å². The topological polar surface area (TPSA) is 29.1 Å². The molecule has 0 radical (unpaired) electrons. The van der Waals surface area contributed by atoms with E-state index in [0.29, 0.717) is 6.54 Å². The molecule has 0 atom stereocenters. The Morgan fingerprint density at radius 1 is 0.964 bits per heavy atom. The van der Waals surface area contributed by atoms with Crippen LogP contribution < -0.4 is 5.32 Å². The fourth-order valence-electron chi connectivity index (χ4n) is 3.74. The van der Waals surface area contributed by atoms with Gasteiger partial charge in [-0.1, -0.05) is 0 Å². The van der Waals surface area contributed by atoms with Gasteiger partial charge in [0.1, 0.15) is 0 Å². The Labute approximate surface area is 177 Å². The average molecular weight is 488 g/mol. The van der Waals surface area contributed by atoms with Crippen molar-refractivity contribution in [3.63, 3.8) is 0 Å². The number of allylic oxidation sites excluding steroid dienone is 1. The van der Waals surface area contributed by atoms with Gasteiger partial charge in [0.25, 0.3) is 0 Å². The number of carbonyl (C=O) groups is 1. The summed E-state index contributed by atoms with van der Waals surface area (Å²) in [5.41, 5.74) is 1.05. The molecule has 0 aliphatic carbocycles. The zero-order valence-corrected chi connectivity index (χ0v) is 21.3. The van der Waals surface area contributed by atoms with E-state index in [9.17, 15) is 4.79 Å². The van der Waals surface area contributed by atoms with E-state index in [1.165, 1.54) is 55.4 Å². The molecule has 1 aromatic rings. The fraction of sp³-hybridized carbons (Fsp3) is 0.560. The van der Waals surface area contributed by atoms with Gasteiger partial charge in [-0.2, -0.15) is 0 Å². The van der Waals surface area contributed by atoms with Crippen LogP contribution in [0.3, 0.4) is 0 Å². The zero-order valence-electron chi connectivity index (χ0n) is 18.4. The van der Waals surface area contributed by atoms with Crippen LogP contribution in [-0.2, 0) is 4.79 Å². The third-order valence-electron chi connectivity index (χ3n) is 5.47. The quantitative estimate of drug-likeness (QED) is 0.265. The van der Waals surface area contributed by atoms with Gasteiger partial charge in [-0.05, 0) is 0 Å². The van der Waals surface area contributed by atoms with Crippen molar-refractivity contribution in [3.8, 4) is 11.8 Å². The van der Waals surface area contributed by atoms with Gasteiger partial charge in [-0.15, -0.1) is 0 Å². The van der Waals surface area contributed by atoms with Gasteiger partial charge >= 0.3 is 178 Å². The second kappa shape index (κ2) is 14.7. The van der Waals surface area contributed by atoms with E-state index >= 15 is 0 Å². The molecule has 1 aromatic carbocycles. The molecule has 1 amide bonds. The molecule has 0 aromatic heterocycles. The van der Waals surface area contributed by atoms with Crippen LogP contribution in [0.2, 0.25) is 13.3 Å². The third-order valence-corrected chi connectivity index (χ3v) is 21.5. The molecule has 3 heteroatoms. The van der Waals surface area contributed by atoms with E-state index in [1.807, 2.05) is 18.2 Å². The Balaban J connectivity index is 3.26.